The second-order valence-corrected chi connectivity index (χ2v) is 3.90. The van der Waals surface area contributed by atoms with Crippen molar-refractivity contribution in [1.82, 2.24) is 0 Å². The minimum absolute atomic E-state index is 0.0466. The largest absolute Gasteiger partial charge is 0.463 e. The van der Waals surface area contributed by atoms with Crippen molar-refractivity contribution in [1.29, 1.82) is 0 Å². The highest BCUT2D eigenvalue weighted by Crippen LogP contribution is 2.14. The number of carbonyl (C=O) groups excluding carboxylic acids is 2. The van der Waals surface area contributed by atoms with E-state index in [1.165, 1.54) is 12.1 Å². The molecule has 0 aromatic heterocycles. The van der Waals surface area contributed by atoms with E-state index in [0.717, 1.165) is 0 Å². The molecule has 0 spiro atoms. The first-order chi connectivity index (χ1) is 7.56. The molecule has 1 atom stereocenters. The van der Waals surface area contributed by atoms with Gasteiger partial charge in [-0.1, -0.05) is 28.1 Å². The van der Waals surface area contributed by atoms with Gasteiger partial charge in [0.1, 0.15) is 0 Å². The molecule has 1 unspecified atom stereocenters. The molecule has 0 heterocycles. The van der Waals surface area contributed by atoms with Crippen LogP contribution in [0.5, 0.6) is 0 Å². The van der Waals surface area contributed by atoms with E-state index in [4.69, 9.17) is 0 Å². The second-order valence-electron chi connectivity index (χ2n) is 2.99. The Morgan fingerprint density at radius 2 is 2.19 bits per heavy atom. The molecular formula is C11H10BrFO3. The van der Waals surface area contributed by atoms with Crippen LogP contribution < -0.4 is 0 Å². The van der Waals surface area contributed by atoms with Gasteiger partial charge in [-0.2, -0.15) is 0 Å². The lowest BCUT2D eigenvalue weighted by molar-refractivity contribution is -0.147. The average molecular weight is 289 g/mol. The van der Waals surface area contributed by atoms with Crippen LogP contribution in [0.3, 0.4) is 0 Å². The van der Waals surface area contributed by atoms with Crippen LogP contribution in [0.15, 0.2) is 28.7 Å². The number of benzene rings is 1. The number of alkyl halides is 1. The molecule has 16 heavy (non-hydrogen) atoms. The minimum atomic E-state index is -2.26. The van der Waals surface area contributed by atoms with E-state index in [1.54, 1.807) is 19.1 Å². The number of ketones is 1. The van der Waals surface area contributed by atoms with Gasteiger partial charge in [-0.15, -0.1) is 0 Å². The fraction of sp³-hybridized carbons (Fsp3) is 0.273. The third kappa shape index (κ3) is 3.13. The van der Waals surface area contributed by atoms with Gasteiger partial charge >= 0.3 is 5.97 Å². The second kappa shape index (κ2) is 5.75. The Balaban J connectivity index is 2.82. The number of hydrogen-bond acceptors (Lipinski definition) is 3. The molecule has 0 saturated carbocycles. The van der Waals surface area contributed by atoms with Gasteiger partial charge < -0.3 is 4.74 Å². The highest BCUT2D eigenvalue weighted by atomic mass is 79.9. The molecule has 1 aromatic rings. The average Bonchev–Trinajstić information content (AvgIpc) is 2.27. The van der Waals surface area contributed by atoms with Gasteiger partial charge in [0.2, 0.25) is 5.78 Å². The zero-order valence-electron chi connectivity index (χ0n) is 8.57. The van der Waals surface area contributed by atoms with E-state index in [-0.39, 0.29) is 12.2 Å². The monoisotopic (exact) mass is 288 g/mol. The molecule has 0 amide bonds. The number of carbonyl (C=O) groups is 2. The van der Waals surface area contributed by atoms with E-state index in [9.17, 15) is 14.0 Å². The Bertz CT molecular complexity index is 406. The normalized spacial score (nSPS) is 11.9. The summed E-state index contributed by atoms with van der Waals surface area (Å²) in [5.41, 5.74) is 0.134. The lowest BCUT2D eigenvalue weighted by Crippen LogP contribution is -2.27. The number of ether oxygens (including phenoxy) is 1. The topological polar surface area (TPSA) is 43.4 Å². The van der Waals surface area contributed by atoms with Crippen LogP contribution in [0.2, 0.25) is 0 Å². The standard InChI is InChI=1S/C11H10BrFO3/c1-2-16-11(15)9(13)10(14)7-4-3-5-8(12)6-7/h3-6,9H,2H2,1H3. The van der Waals surface area contributed by atoms with E-state index in [2.05, 4.69) is 20.7 Å². The van der Waals surface area contributed by atoms with Gasteiger partial charge in [-0.3, -0.25) is 4.79 Å². The van der Waals surface area contributed by atoms with Crippen molar-refractivity contribution in [3.8, 4) is 0 Å². The maximum atomic E-state index is 13.4. The summed E-state index contributed by atoms with van der Waals surface area (Å²) in [5, 5.41) is 0. The summed E-state index contributed by atoms with van der Waals surface area (Å²) in [4.78, 5) is 22.5. The number of hydrogen-bond donors (Lipinski definition) is 0. The van der Waals surface area contributed by atoms with Crippen molar-refractivity contribution in [2.75, 3.05) is 6.61 Å². The lowest BCUT2D eigenvalue weighted by atomic mass is 10.1. The Kier molecular flexibility index (Phi) is 4.61. The van der Waals surface area contributed by atoms with Gasteiger partial charge in [0.25, 0.3) is 6.17 Å². The molecular weight excluding hydrogens is 279 g/mol. The molecule has 0 aliphatic heterocycles. The van der Waals surface area contributed by atoms with Crippen molar-refractivity contribution in [3.05, 3.63) is 34.3 Å². The first kappa shape index (κ1) is 12.8. The summed E-state index contributed by atoms with van der Waals surface area (Å²) in [6, 6.07) is 6.19. The molecule has 0 fully saturated rings. The van der Waals surface area contributed by atoms with Crippen LogP contribution in [0.25, 0.3) is 0 Å². The third-order valence-corrected chi connectivity index (χ3v) is 2.33. The van der Waals surface area contributed by atoms with Gasteiger partial charge in [0.05, 0.1) is 6.61 Å². The van der Waals surface area contributed by atoms with Crippen LogP contribution in [0, 0.1) is 0 Å². The summed E-state index contributed by atoms with van der Waals surface area (Å²) in [7, 11) is 0. The predicted molar refractivity (Wildman–Crippen MR) is 60.0 cm³/mol. The smallest absolute Gasteiger partial charge is 0.348 e. The van der Waals surface area contributed by atoms with Gasteiger partial charge in [0, 0.05) is 10.0 Å². The molecule has 3 nitrogen and oxygen atoms in total. The first-order valence-electron chi connectivity index (χ1n) is 4.66. The summed E-state index contributed by atoms with van der Waals surface area (Å²) < 4.78 is 18.4. The van der Waals surface area contributed by atoms with Gasteiger partial charge in [-0.25, -0.2) is 9.18 Å². The summed E-state index contributed by atoms with van der Waals surface area (Å²) >= 11 is 3.16. The fourth-order valence-electron chi connectivity index (χ4n) is 1.11. The summed E-state index contributed by atoms with van der Waals surface area (Å²) in [6.45, 7) is 1.60. The van der Waals surface area contributed by atoms with Crippen LogP contribution >= 0.6 is 15.9 Å². The lowest BCUT2D eigenvalue weighted by Gasteiger charge is -2.06. The van der Waals surface area contributed by atoms with E-state index in [1.807, 2.05) is 0 Å². The SMILES string of the molecule is CCOC(=O)C(F)C(=O)c1cccc(Br)c1. The zero-order valence-corrected chi connectivity index (χ0v) is 10.2. The maximum Gasteiger partial charge on any atom is 0.348 e. The molecule has 86 valence electrons. The van der Waals surface area contributed by atoms with Crippen LogP contribution in [-0.4, -0.2) is 24.5 Å². The molecule has 0 bridgehead atoms. The van der Waals surface area contributed by atoms with Gasteiger partial charge in [-0.05, 0) is 19.1 Å². The van der Waals surface area contributed by atoms with Crippen molar-refractivity contribution < 1.29 is 18.7 Å². The molecule has 0 aliphatic rings. The van der Waals surface area contributed by atoms with Crippen LogP contribution in [0.1, 0.15) is 17.3 Å². The summed E-state index contributed by atoms with van der Waals surface area (Å²) in [5.74, 6) is -2.03. The molecule has 1 aromatic carbocycles. The minimum Gasteiger partial charge on any atom is -0.463 e. The molecule has 1 rings (SSSR count). The Hall–Kier alpha value is -1.23. The van der Waals surface area contributed by atoms with Gasteiger partial charge in [0.15, 0.2) is 0 Å². The third-order valence-electron chi connectivity index (χ3n) is 1.83. The van der Waals surface area contributed by atoms with Crippen LogP contribution in [0.4, 0.5) is 4.39 Å². The molecule has 0 aliphatic carbocycles. The molecule has 0 N–H and O–H groups in total. The van der Waals surface area contributed by atoms with Crippen LogP contribution in [-0.2, 0) is 9.53 Å². The van der Waals surface area contributed by atoms with E-state index in [0.29, 0.717) is 4.47 Å². The highest BCUT2D eigenvalue weighted by molar-refractivity contribution is 9.10. The highest BCUT2D eigenvalue weighted by Gasteiger charge is 2.28. The maximum absolute atomic E-state index is 13.4. The Morgan fingerprint density at radius 1 is 1.50 bits per heavy atom. The van der Waals surface area contributed by atoms with Crippen molar-refractivity contribution in [3.63, 3.8) is 0 Å². The summed E-state index contributed by atoms with van der Waals surface area (Å²) in [6.07, 6.45) is -2.26. The van der Waals surface area contributed by atoms with E-state index < -0.39 is 17.9 Å². The molecule has 0 saturated heterocycles. The van der Waals surface area contributed by atoms with Crippen molar-refractivity contribution in [2.45, 2.75) is 13.1 Å². The number of halogens is 2. The molecule has 0 radical (unpaired) electrons. The fourth-order valence-corrected chi connectivity index (χ4v) is 1.51. The molecule has 5 heteroatoms. The van der Waals surface area contributed by atoms with Crippen molar-refractivity contribution in [2.24, 2.45) is 0 Å². The quantitative estimate of drug-likeness (QED) is 0.486. The predicted octanol–water partition coefficient (Wildman–Crippen LogP) is 2.53. The van der Waals surface area contributed by atoms with E-state index >= 15 is 0 Å². The number of rotatable bonds is 4. The first-order valence-corrected chi connectivity index (χ1v) is 5.46. The Labute approximate surface area is 101 Å². The number of esters is 1. The van der Waals surface area contributed by atoms with Crippen molar-refractivity contribution >= 4 is 27.7 Å². The number of Topliss-reactive ketones (excluding diaryl/α,β-unsaturated/α-hetero) is 1. The Morgan fingerprint density at radius 3 is 2.75 bits per heavy atom. The zero-order chi connectivity index (χ0) is 12.1.